The van der Waals surface area contributed by atoms with Gasteiger partial charge in [-0.05, 0) is 61.1 Å². The Kier molecular flexibility index (Phi) is 5.93. The van der Waals surface area contributed by atoms with Crippen molar-refractivity contribution in [1.82, 2.24) is 15.1 Å². The fourth-order valence-corrected chi connectivity index (χ4v) is 5.95. The number of halogens is 1. The fourth-order valence-electron chi connectivity index (χ4n) is 5.95. The van der Waals surface area contributed by atoms with E-state index in [4.69, 9.17) is 0 Å². The largest absolute Gasteiger partial charge is 0.343 e. The van der Waals surface area contributed by atoms with Crippen molar-refractivity contribution >= 4 is 23.6 Å². The summed E-state index contributed by atoms with van der Waals surface area (Å²) in [5.41, 5.74) is 1.61. The molecule has 1 aromatic rings. The number of benzene rings is 1. The molecule has 1 aromatic carbocycles. The summed E-state index contributed by atoms with van der Waals surface area (Å²) < 4.78 is 15.1. The lowest BCUT2D eigenvalue weighted by Gasteiger charge is -2.33. The third-order valence-corrected chi connectivity index (χ3v) is 7.87. The maximum absolute atomic E-state index is 15.1. The summed E-state index contributed by atoms with van der Waals surface area (Å²) in [6.07, 6.45) is 7.27. The minimum absolute atomic E-state index is 0.00517. The minimum atomic E-state index is -0.705. The van der Waals surface area contributed by atoms with Crippen LogP contribution in [0.5, 0.6) is 0 Å². The summed E-state index contributed by atoms with van der Waals surface area (Å²) in [6, 6.07) is 2.37. The van der Waals surface area contributed by atoms with Crippen LogP contribution in [0.15, 0.2) is 12.1 Å². The molecule has 1 atom stereocenters. The van der Waals surface area contributed by atoms with Gasteiger partial charge in [0.2, 0.25) is 17.7 Å². The van der Waals surface area contributed by atoms with E-state index in [0.29, 0.717) is 49.4 Å². The Morgan fingerprint density at radius 1 is 1.03 bits per heavy atom. The lowest BCUT2D eigenvalue weighted by molar-refractivity contribution is -0.137. The number of likely N-dealkylation sites (tertiary alicyclic amines) is 1. The molecule has 1 unspecified atom stereocenters. The van der Waals surface area contributed by atoms with Gasteiger partial charge in [-0.25, -0.2) is 4.39 Å². The third kappa shape index (κ3) is 4.27. The van der Waals surface area contributed by atoms with E-state index < -0.39 is 17.8 Å². The molecule has 3 heterocycles. The summed E-state index contributed by atoms with van der Waals surface area (Å²) in [4.78, 5) is 52.6. The van der Waals surface area contributed by atoms with Gasteiger partial charge in [-0.15, -0.1) is 0 Å². The molecule has 1 N–H and O–H groups in total. The number of carbonyl (C=O) groups excluding carboxylic acids is 4. The normalized spacial score (nSPS) is 24.4. The smallest absolute Gasteiger partial charge is 0.255 e. The van der Waals surface area contributed by atoms with Crippen molar-refractivity contribution in [3.8, 4) is 0 Å². The molecule has 3 fully saturated rings. The number of hydrogen-bond acceptors (Lipinski definition) is 4. The van der Waals surface area contributed by atoms with E-state index in [1.807, 2.05) is 4.90 Å². The molecule has 4 aliphatic rings. The van der Waals surface area contributed by atoms with Crippen LogP contribution in [0.2, 0.25) is 0 Å². The predicted molar refractivity (Wildman–Crippen MR) is 118 cm³/mol. The van der Waals surface area contributed by atoms with Crippen molar-refractivity contribution in [2.75, 3.05) is 13.1 Å². The molecule has 7 nitrogen and oxygen atoms in total. The van der Waals surface area contributed by atoms with Crippen molar-refractivity contribution in [2.24, 2.45) is 5.92 Å². The van der Waals surface area contributed by atoms with Crippen LogP contribution in [0.4, 0.5) is 4.39 Å². The summed E-state index contributed by atoms with van der Waals surface area (Å²) in [7, 11) is 0. The molecule has 0 spiro atoms. The van der Waals surface area contributed by atoms with Crippen molar-refractivity contribution in [1.29, 1.82) is 0 Å². The molecular weight excluding hydrogens is 425 g/mol. The average Bonchev–Trinajstić information content (AvgIpc) is 3.41. The van der Waals surface area contributed by atoms with Gasteiger partial charge in [0.25, 0.3) is 5.91 Å². The van der Waals surface area contributed by atoms with E-state index in [2.05, 4.69) is 5.32 Å². The lowest BCUT2D eigenvalue weighted by Crippen LogP contribution is -2.52. The Morgan fingerprint density at radius 2 is 1.76 bits per heavy atom. The molecule has 0 bridgehead atoms. The van der Waals surface area contributed by atoms with Gasteiger partial charge in [0.1, 0.15) is 11.9 Å². The van der Waals surface area contributed by atoms with Crippen LogP contribution in [0.25, 0.3) is 0 Å². The average molecular weight is 456 g/mol. The second-order valence-electron chi connectivity index (χ2n) is 9.94. The zero-order valence-corrected chi connectivity index (χ0v) is 18.8. The van der Waals surface area contributed by atoms with Crippen LogP contribution in [0, 0.1) is 11.7 Å². The highest BCUT2D eigenvalue weighted by Gasteiger charge is 2.40. The van der Waals surface area contributed by atoms with Gasteiger partial charge in [-0.1, -0.05) is 18.9 Å². The SMILES string of the molecule is O=C1CCC(N2Cc3cc(C4CCN(C(=O)CC5CCCC5)CC4)c(F)cc3C2=O)C(=O)N1. The molecule has 5 rings (SSSR count). The molecule has 1 aliphatic carbocycles. The molecule has 2 saturated heterocycles. The van der Waals surface area contributed by atoms with Crippen LogP contribution in [-0.4, -0.2) is 52.6 Å². The first-order chi connectivity index (χ1) is 15.9. The fraction of sp³-hybridized carbons (Fsp3) is 0.600. The second kappa shape index (κ2) is 8.88. The Balaban J connectivity index is 1.25. The van der Waals surface area contributed by atoms with Crippen LogP contribution in [0.1, 0.15) is 85.2 Å². The Labute approximate surface area is 192 Å². The van der Waals surface area contributed by atoms with E-state index in [-0.39, 0.29) is 43.0 Å². The van der Waals surface area contributed by atoms with Crippen molar-refractivity contribution in [3.63, 3.8) is 0 Å². The predicted octanol–water partition coefficient (Wildman–Crippen LogP) is 2.87. The molecule has 1 saturated carbocycles. The monoisotopic (exact) mass is 455 g/mol. The van der Waals surface area contributed by atoms with Crippen LogP contribution >= 0.6 is 0 Å². The van der Waals surface area contributed by atoms with Gasteiger partial charge in [0.15, 0.2) is 0 Å². The number of imide groups is 1. The lowest BCUT2D eigenvalue weighted by atomic mass is 9.87. The minimum Gasteiger partial charge on any atom is -0.343 e. The van der Waals surface area contributed by atoms with E-state index >= 15 is 4.39 Å². The summed E-state index contributed by atoms with van der Waals surface area (Å²) >= 11 is 0. The van der Waals surface area contributed by atoms with Gasteiger partial charge >= 0.3 is 0 Å². The third-order valence-electron chi connectivity index (χ3n) is 7.87. The highest BCUT2D eigenvalue weighted by Crippen LogP contribution is 2.36. The van der Waals surface area contributed by atoms with E-state index in [1.54, 1.807) is 6.07 Å². The van der Waals surface area contributed by atoms with E-state index in [0.717, 1.165) is 18.4 Å². The van der Waals surface area contributed by atoms with Crippen LogP contribution in [0.3, 0.4) is 0 Å². The molecule has 0 radical (unpaired) electrons. The number of amides is 4. The first-order valence-electron chi connectivity index (χ1n) is 12.2. The highest BCUT2D eigenvalue weighted by atomic mass is 19.1. The zero-order chi connectivity index (χ0) is 23.1. The standard InChI is InChI=1S/C25H30FN3O4/c26-20-13-19-17(14-29(25(19)33)21-5-6-22(30)27-24(21)32)12-18(20)16-7-9-28(10-8-16)23(31)11-15-3-1-2-4-15/h12-13,15-16,21H,1-11,14H2,(H,27,30,32). The molecule has 3 aliphatic heterocycles. The number of fused-ring (bicyclic) bond motifs is 1. The van der Waals surface area contributed by atoms with Crippen molar-refractivity contribution in [2.45, 2.75) is 76.3 Å². The molecule has 8 heteroatoms. The Bertz CT molecular complexity index is 996. The van der Waals surface area contributed by atoms with Crippen LogP contribution in [-0.2, 0) is 20.9 Å². The topological polar surface area (TPSA) is 86.8 Å². The maximum atomic E-state index is 15.1. The highest BCUT2D eigenvalue weighted by molar-refractivity contribution is 6.05. The number of rotatable bonds is 4. The first-order valence-corrected chi connectivity index (χ1v) is 12.2. The maximum Gasteiger partial charge on any atom is 0.255 e. The van der Waals surface area contributed by atoms with Gasteiger partial charge in [0.05, 0.1) is 0 Å². The van der Waals surface area contributed by atoms with E-state index in [9.17, 15) is 19.2 Å². The molecule has 33 heavy (non-hydrogen) atoms. The summed E-state index contributed by atoms with van der Waals surface area (Å²) in [5, 5.41) is 2.29. The Morgan fingerprint density at radius 3 is 2.45 bits per heavy atom. The molecule has 176 valence electrons. The number of carbonyl (C=O) groups is 4. The number of hydrogen-bond donors (Lipinski definition) is 1. The van der Waals surface area contributed by atoms with Crippen molar-refractivity contribution < 1.29 is 23.6 Å². The molecule has 4 amide bonds. The summed E-state index contributed by atoms with van der Waals surface area (Å²) in [5.74, 6) is -0.815. The number of piperidine rings is 2. The van der Waals surface area contributed by atoms with Gasteiger partial charge < -0.3 is 9.80 Å². The van der Waals surface area contributed by atoms with Crippen molar-refractivity contribution in [3.05, 3.63) is 34.6 Å². The quantitative estimate of drug-likeness (QED) is 0.708. The Hall–Kier alpha value is -2.77. The second-order valence-corrected chi connectivity index (χ2v) is 9.94. The van der Waals surface area contributed by atoms with Gasteiger partial charge in [-0.2, -0.15) is 0 Å². The van der Waals surface area contributed by atoms with E-state index in [1.165, 1.54) is 23.8 Å². The van der Waals surface area contributed by atoms with Gasteiger partial charge in [0, 0.05) is 38.0 Å². The molecule has 0 aromatic heterocycles. The number of nitrogens with zero attached hydrogens (tertiary/aromatic N) is 2. The molecular formula is C25H30FN3O4. The summed E-state index contributed by atoms with van der Waals surface area (Å²) in [6.45, 7) is 1.51. The zero-order valence-electron chi connectivity index (χ0n) is 18.8. The van der Waals surface area contributed by atoms with Gasteiger partial charge in [-0.3, -0.25) is 24.5 Å². The number of nitrogens with one attached hydrogen (secondary N) is 1. The van der Waals surface area contributed by atoms with Crippen LogP contribution < -0.4 is 5.32 Å². The first kappa shape index (κ1) is 22.0.